The summed E-state index contributed by atoms with van der Waals surface area (Å²) in [5.41, 5.74) is 5.55. The molecule has 1 aliphatic rings. The highest BCUT2D eigenvalue weighted by atomic mass is 15.2. The molecule has 0 aromatic rings. The average Bonchev–Trinajstić information content (AvgIpc) is 2.18. The molecule has 1 aliphatic heterocycles. The Morgan fingerprint density at radius 2 is 2.14 bits per heavy atom. The van der Waals surface area contributed by atoms with Crippen molar-refractivity contribution in [1.82, 2.24) is 4.90 Å². The van der Waals surface area contributed by atoms with Crippen LogP contribution in [0, 0.1) is 5.92 Å². The van der Waals surface area contributed by atoms with E-state index < -0.39 is 0 Å². The minimum Gasteiger partial charge on any atom is -0.330 e. The molecule has 3 atom stereocenters. The zero-order valence-corrected chi connectivity index (χ0v) is 10.00. The summed E-state index contributed by atoms with van der Waals surface area (Å²) in [6.45, 7) is 9.23. The first kappa shape index (κ1) is 12.0. The quantitative estimate of drug-likeness (QED) is 0.750. The van der Waals surface area contributed by atoms with Crippen molar-refractivity contribution < 1.29 is 0 Å². The molecule has 84 valence electrons. The van der Waals surface area contributed by atoms with Gasteiger partial charge in [0.15, 0.2) is 0 Å². The maximum atomic E-state index is 5.55. The fraction of sp³-hybridized carbons (Fsp3) is 1.00. The molecule has 0 spiro atoms. The molecule has 2 nitrogen and oxygen atoms in total. The van der Waals surface area contributed by atoms with Crippen molar-refractivity contribution in [3.63, 3.8) is 0 Å². The minimum atomic E-state index is 0.719. The zero-order chi connectivity index (χ0) is 10.6. The molecular weight excluding hydrogens is 172 g/mol. The lowest BCUT2D eigenvalue weighted by Gasteiger charge is -2.41. The number of piperidine rings is 1. The van der Waals surface area contributed by atoms with Crippen LogP contribution in [0.2, 0.25) is 0 Å². The molecule has 0 aromatic heterocycles. The molecule has 0 radical (unpaired) electrons. The van der Waals surface area contributed by atoms with Crippen molar-refractivity contribution in [3.05, 3.63) is 0 Å². The highest BCUT2D eigenvalue weighted by Crippen LogP contribution is 2.25. The third kappa shape index (κ3) is 2.96. The summed E-state index contributed by atoms with van der Waals surface area (Å²) in [6.07, 6.45) is 5.20. The normalized spacial score (nSPS) is 31.7. The summed E-state index contributed by atoms with van der Waals surface area (Å²) in [5, 5.41) is 0. The van der Waals surface area contributed by atoms with E-state index in [1.807, 2.05) is 0 Å². The first-order chi connectivity index (χ1) is 6.66. The number of nitrogens with two attached hydrogens (primary N) is 1. The van der Waals surface area contributed by atoms with Crippen LogP contribution in [0.25, 0.3) is 0 Å². The van der Waals surface area contributed by atoms with Crippen LogP contribution in [0.3, 0.4) is 0 Å². The molecule has 1 heterocycles. The minimum absolute atomic E-state index is 0.719. The Morgan fingerprint density at radius 3 is 2.79 bits per heavy atom. The van der Waals surface area contributed by atoms with E-state index in [4.69, 9.17) is 5.73 Å². The highest BCUT2D eigenvalue weighted by molar-refractivity contribution is 4.82. The van der Waals surface area contributed by atoms with Crippen LogP contribution in [0.4, 0.5) is 0 Å². The van der Waals surface area contributed by atoms with Gasteiger partial charge in [-0.15, -0.1) is 0 Å². The molecule has 1 saturated heterocycles. The Labute approximate surface area is 88.8 Å². The van der Waals surface area contributed by atoms with Gasteiger partial charge >= 0.3 is 0 Å². The van der Waals surface area contributed by atoms with E-state index in [0.717, 1.165) is 24.5 Å². The SMILES string of the molecule is CC1CCCN(C(C)CCCN)C1C. The van der Waals surface area contributed by atoms with E-state index in [2.05, 4.69) is 25.7 Å². The van der Waals surface area contributed by atoms with Gasteiger partial charge in [0, 0.05) is 12.1 Å². The van der Waals surface area contributed by atoms with Crippen LogP contribution in [-0.2, 0) is 0 Å². The van der Waals surface area contributed by atoms with Gasteiger partial charge in [0.05, 0.1) is 0 Å². The van der Waals surface area contributed by atoms with Crippen LogP contribution >= 0.6 is 0 Å². The topological polar surface area (TPSA) is 29.3 Å². The molecular formula is C12H26N2. The Bertz CT molecular complexity index is 158. The predicted molar refractivity (Wildman–Crippen MR) is 62.3 cm³/mol. The summed E-state index contributed by atoms with van der Waals surface area (Å²) in [6, 6.07) is 1.48. The summed E-state index contributed by atoms with van der Waals surface area (Å²) < 4.78 is 0. The summed E-state index contributed by atoms with van der Waals surface area (Å²) in [4.78, 5) is 2.67. The number of rotatable bonds is 4. The van der Waals surface area contributed by atoms with Crippen molar-refractivity contribution in [2.75, 3.05) is 13.1 Å². The predicted octanol–water partition coefficient (Wildman–Crippen LogP) is 2.23. The number of hydrogen-bond acceptors (Lipinski definition) is 2. The third-order valence-electron chi connectivity index (χ3n) is 3.81. The molecule has 14 heavy (non-hydrogen) atoms. The third-order valence-corrected chi connectivity index (χ3v) is 3.81. The molecule has 0 amide bonds. The summed E-state index contributed by atoms with van der Waals surface area (Å²) in [7, 11) is 0. The maximum Gasteiger partial charge on any atom is 0.00953 e. The maximum absolute atomic E-state index is 5.55. The lowest BCUT2D eigenvalue weighted by Crippen LogP contribution is -2.47. The van der Waals surface area contributed by atoms with Crippen LogP contribution in [0.5, 0.6) is 0 Å². The van der Waals surface area contributed by atoms with Gasteiger partial charge in [-0.3, -0.25) is 4.90 Å². The Kier molecular flexibility index (Phi) is 4.90. The van der Waals surface area contributed by atoms with Crippen molar-refractivity contribution in [2.45, 2.75) is 58.5 Å². The standard InChI is InChI=1S/C12H26N2/c1-10-6-5-9-14(12(10)3)11(2)7-4-8-13/h10-12H,4-9,13H2,1-3H3. The molecule has 0 saturated carbocycles. The monoisotopic (exact) mass is 198 g/mol. The molecule has 0 bridgehead atoms. The van der Waals surface area contributed by atoms with E-state index >= 15 is 0 Å². The van der Waals surface area contributed by atoms with Crippen molar-refractivity contribution in [3.8, 4) is 0 Å². The van der Waals surface area contributed by atoms with E-state index in [0.29, 0.717) is 0 Å². The Hall–Kier alpha value is -0.0800. The lowest BCUT2D eigenvalue weighted by molar-refractivity contribution is 0.0712. The number of hydrogen-bond donors (Lipinski definition) is 1. The number of nitrogens with zero attached hydrogens (tertiary/aromatic N) is 1. The second-order valence-corrected chi connectivity index (χ2v) is 4.88. The van der Waals surface area contributed by atoms with Gasteiger partial charge in [-0.2, -0.15) is 0 Å². The second kappa shape index (κ2) is 5.72. The van der Waals surface area contributed by atoms with E-state index in [9.17, 15) is 0 Å². The molecule has 0 aromatic carbocycles. The van der Waals surface area contributed by atoms with E-state index in [1.165, 1.54) is 32.2 Å². The van der Waals surface area contributed by atoms with Crippen molar-refractivity contribution >= 4 is 0 Å². The van der Waals surface area contributed by atoms with E-state index in [1.54, 1.807) is 0 Å². The van der Waals surface area contributed by atoms with Gasteiger partial charge in [0.2, 0.25) is 0 Å². The Morgan fingerprint density at radius 1 is 1.43 bits per heavy atom. The van der Waals surface area contributed by atoms with Gasteiger partial charge in [-0.25, -0.2) is 0 Å². The highest BCUT2D eigenvalue weighted by Gasteiger charge is 2.27. The van der Waals surface area contributed by atoms with Crippen LogP contribution in [-0.4, -0.2) is 30.1 Å². The summed E-state index contributed by atoms with van der Waals surface area (Å²) >= 11 is 0. The molecule has 2 heteroatoms. The van der Waals surface area contributed by atoms with Gasteiger partial charge in [0.25, 0.3) is 0 Å². The van der Waals surface area contributed by atoms with Gasteiger partial charge in [-0.05, 0) is 58.5 Å². The van der Waals surface area contributed by atoms with Gasteiger partial charge in [-0.1, -0.05) is 6.92 Å². The Balaban J connectivity index is 2.40. The smallest absolute Gasteiger partial charge is 0.00953 e. The fourth-order valence-corrected chi connectivity index (χ4v) is 2.57. The first-order valence-electron chi connectivity index (χ1n) is 6.12. The van der Waals surface area contributed by atoms with Gasteiger partial charge < -0.3 is 5.73 Å². The lowest BCUT2D eigenvalue weighted by atomic mass is 9.90. The number of likely N-dealkylation sites (tertiary alicyclic amines) is 1. The summed E-state index contributed by atoms with van der Waals surface area (Å²) in [5.74, 6) is 0.865. The largest absolute Gasteiger partial charge is 0.330 e. The first-order valence-corrected chi connectivity index (χ1v) is 6.12. The molecule has 3 unspecified atom stereocenters. The van der Waals surface area contributed by atoms with Gasteiger partial charge in [0.1, 0.15) is 0 Å². The van der Waals surface area contributed by atoms with Crippen LogP contribution in [0.1, 0.15) is 46.5 Å². The average molecular weight is 198 g/mol. The molecule has 1 fully saturated rings. The fourth-order valence-electron chi connectivity index (χ4n) is 2.57. The van der Waals surface area contributed by atoms with Crippen molar-refractivity contribution in [2.24, 2.45) is 11.7 Å². The zero-order valence-electron chi connectivity index (χ0n) is 10.00. The molecule has 2 N–H and O–H groups in total. The molecule has 1 rings (SSSR count). The van der Waals surface area contributed by atoms with Crippen LogP contribution in [0.15, 0.2) is 0 Å². The van der Waals surface area contributed by atoms with Crippen LogP contribution < -0.4 is 5.73 Å². The molecule has 0 aliphatic carbocycles. The van der Waals surface area contributed by atoms with Crippen molar-refractivity contribution in [1.29, 1.82) is 0 Å². The van der Waals surface area contributed by atoms with E-state index in [-0.39, 0.29) is 0 Å². The second-order valence-electron chi connectivity index (χ2n) is 4.88.